The van der Waals surface area contributed by atoms with Gasteiger partial charge in [-0.15, -0.1) is 0 Å². The summed E-state index contributed by atoms with van der Waals surface area (Å²) in [6, 6.07) is 6.78. The van der Waals surface area contributed by atoms with E-state index in [0.29, 0.717) is 18.0 Å². The number of halogens is 1. The van der Waals surface area contributed by atoms with Crippen molar-refractivity contribution >= 4 is 5.91 Å². The van der Waals surface area contributed by atoms with E-state index in [9.17, 15) is 9.18 Å². The maximum atomic E-state index is 13.5. The standard InChI is InChI=1S/C15H23FN2O/c1-11(2)12(3)17-15(19)10-18(4)9-13-7-5-6-8-14(13)16/h5-8,11-12H,9-10H2,1-4H3,(H,17,19). The first-order valence-electron chi connectivity index (χ1n) is 6.61. The van der Waals surface area contributed by atoms with Crippen LogP contribution < -0.4 is 5.32 Å². The van der Waals surface area contributed by atoms with Gasteiger partial charge in [0.25, 0.3) is 0 Å². The summed E-state index contributed by atoms with van der Waals surface area (Å²) < 4.78 is 13.5. The van der Waals surface area contributed by atoms with Gasteiger partial charge in [0.1, 0.15) is 5.82 Å². The SMILES string of the molecule is CC(C)C(C)NC(=O)CN(C)Cc1ccccc1F. The molecule has 0 fully saturated rings. The van der Waals surface area contributed by atoms with Crippen LogP contribution in [0.25, 0.3) is 0 Å². The Balaban J connectivity index is 2.45. The van der Waals surface area contributed by atoms with Crippen LogP contribution in [0.3, 0.4) is 0 Å². The van der Waals surface area contributed by atoms with E-state index in [2.05, 4.69) is 19.2 Å². The van der Waals surface area contributed by atoms with Crippen molar-refractivity contribution in [2.75, 3.05) is 13.6 Å². The molecule has 1 aromatic rings. The highest BCUT2D eigenvalue weighted by atomic mass is 19.1. The molecule has 1 unspecified atom stereocenters. The van der Waals surface area contributed by atoms with E-state index in [4.69, 9.17) is 0 Å². The molecule has 1 rings (SSSR count). The number of nitrogens with one attached hydrogen (secondary N) is 1. The monoisotopic (exact) mass is 266 g/mol. The maximum Gasteiger partial charge on any atom is 0.234 e. The second-order valence-electron chi connectivity index (χ2n) is 5.36. The van der Waals surface area contributed by atoms with Gasteiger partial charge in [0, 0.05) is 18.2 Å². The van der Waals surface area contributed by atoms with Gasteiger partial charge >= 0.3 is 0 Å². The van der Waals surface area contributed by atoms with Crippen molar-refractivity contribution in [3.05, 3.63) is 35.6 Å². The molecule has 1 atom stereocenters. The van der Waals surface area contributed by atoms with Crippen LogP contribution in [0.2, 0.25) is 0 Å². The normalized spacial score (nSPS) is 12.8. The maximum absolute atomic E-state index is 13.5. The van der Waals surface area contributed by atoms with Crippen molar-refractivity contribution in [1.82, 2.24) is 10.2 Å². The molecule has 0 saturated heterocycles. The topological polar surface area (TPSA) is 32.3 Å². The molecule has 4 heteroatoms. The van der Waals surface area contributed by atoms with E-state index in [1.165, 1.54) is 6.07 Å². The Morgan fingerprint density at radius 2 is 1.95 bits per heavy atom. The van der Waals surface area contributed by atoms with E-state index >= 15 is 0 Å². The quantitative estimate of drug-likeness (QED) is 0.857. The fraction of sp³-hybridized carbons (Fsp3) is 0.533. The lowest BCUT2D eigenvalue weighted by atomic mass is 10.1. The highest BCUT2D eigenvalue weighted by Crippen LogP contribution is 2.08. The van der Waals surface area contributed by atoms with Crippen LogP contribution in [0.5, 0.6) is 0 Å². The molecule has 0 aromatic heterocycles. The molecule has 0 aliphatic heterocycles. The second kappa shape index (κ2) is 7.24. The average molecular weight is 266 g/mol. The van der Waals surface area contributed by atoms with Crippen LogP contribution in [0.15, 0.2) is 24.3 Å². The first-order chi connectivity index (χ1) is 8.90. The number of hydrogen-bond donors (Lipinski definition) is 1. The lowest BCUT2D eigenvalue weighted by molar-refractivity contribution is -0.122. The summed E-state index contributed by atoms with van der Waals surface area (Å²) in [5, 5.41) is 2.94. The highest BCUT2D eigenvalue weighted by Gasteiger charge is 2.13. The van der Waals surface area contributed by atoms with E-state index in [1.807, 2.05) is 14.0 Å². The zero-order chi connectivity index (χ0) is 14.4. The van der Waals surface area contributed by atoms with Gasteiger partial charge in [-0.05, 0) is 26.0 Å². The minimum atomic E-state index is -0.231. The fourth-order valence-corrected chi connectivity index (χ4v) is 1.68. The Hall–Kier alpha value is -1.42. The summed E-state index contributed by atoms with van der Waals surface area (Å²) in [5.74, 6) is 0.145. The van der Waals surface area contributed by atoms with Crippen molar-refractivity contribution in [3.63, 3.8) is 0 Å². The third-order valence-corrected chi connectivity index (χ3v) is 3.20. The number of benzene rings is 1. The first kappa shape index (κ1) is 15.6. The number of carbonyl (C=O) groups excluding carboxylic acids is 1. The van der Waals surface area contributed by atoms with Crippen LogP contribution in [0.4, 0.5) is 4.39 Å². The molecule has 0 bridgehead atoms. The van der Waals surface area contributed by atoms with E-state index in [0.717, 1.165) is 0 Å². The molecule has 0 saturated carbocycles. The van der Waals surface area contributed by atoms with Crippen molar-refractivity contribution in [3.8, 4) is 0 Å². The van der Waals surface area contributed by atoms with Crippen molar-refractivity contribution in [2.45, 2.75) is 33.4 Å². The molecule has 0 radical (unpaired) electrons. The average Bonchev–Trinajstić information content (AvgIpc) is 2.31. The van der Waals surface area contributed by atoms with Gasteiger partial charge in [-0.25, -0.2) is 4.39 Å². The number of rotatable bonds is 6. The molecule has 1 N–H and O–H groups in total. The van der Waals surface area contributed by atoms with E-state index < -0.39 is 0 Å². The van der Waals surface area contributed by atoms with Gasteiger partial charge in [-0.1, -0.05) is 32.0 Å². The van der Waals surface area contributed by atoms with E-state index in [-0.39, 0.29) is 24.3 Å². The smallest absolute Gasteiger partial charge is 0.234 e. The Morgan fingerprint density at radius 3 is 2.53 bits per heavy atom. The fourth-order valence-electron chi connectivity index (χ4n) is 1.68. The third-order valence-electron chi connectivity index (χ3n) is 3.20. The predicted octanol–water partition coefficient (Wildman–Crippen LogP) is 2.42. The lowest BCUT2D eigenvalue weighted by Crippen LogP contribution is -2.41. The molecule has 19 heavy (non-hydrogen) atoms. The number of amides is 1. The minimum Gasteiger partial charge on any atom is -0.352 e. The lowest BCUT2D eigenvalue weighted by Gasteiger charge is -2.21. The van der Waals surface area contributed by atoms with Crippen LogP contribution in [0.1, 0.15) is 26.3 Å². The van der Waals surface area contributed by atoms with Crippen molar-refractivity contribution in [2.24, 2.45) is 5.92 Å². The van der Waals surface area contributed by atoms with Gasteiger partial charge in [-0.3, -0.25) is 9.69 Å². The molecular formula is C15H23FN2O. The van der Waals surface area contributed by atoms with Crippen LogP contribution in [0, 0.1) is 11.7 Å². The van der Waals surface area contributed by atoms with Crippen LogP contribution >= 0.6 is 0 Å². The molecule has 1 amide bonds. The van der Waals surface area contributed by atoms with Gasteiger partial charge < -0.3 is 5.32 Å². The first-order valence-corrected chi connectivity index (χ1v) is 6.61. The minimum absolute atomic E-state index is 0.0277. The predicted molar refractivity (Wildman–Crippen MR) is 75.2 cm³/mol. The Labute approximate surface area is 114 Å². The van der Waals surface area contributed by atoms with Gasteiger partial charge in [0.05, 0.1) is 6.54 Å². The highest BCUT2D eigenvalue weighted by molar-refractivity contribution is 5.78. The van der Waals surface area contributed by atoms with Crippen molar-refractivity contribution in [1.29, 1.82) is 0 Å². The Morgan fingerprint density at radius 1 is 1.32 bits per heavy atom. The molecule has 0 heterocycles. The number of likely N-dealkylation sites (N-methyl/N-ethyl adjacent to an activating group) is 1. The summed E-state index contributed by atoms with van der Waals surface area (Å²) in [5.41, 5.74) is 0.606. The largest absolute Gasteiger partial charge is 0.352 e. The van der Waals surface area contributed by atoms with Gasteiger partial charge in [0.15, 0.2) is 0 Å². The van der Waals surface area contributed by atoms with Gasteiger partial charge in [-0.2, -0.15) is 0 Å². The summed E-state index contributed by atoms with van der Waals surface area (Å²) >= 11 is 0. The molecule has 1 aromatic carbocycles. The Kier molecular flexibility index (Phi) is 5.96. The summed E-state index contributed by atoms with van der Waals surface area (Å²) in [7, 11) is 1.81. The van der Waals surface area contributed by atoms with Crippen molar-refractivity contribution < 1.29 is 9.18 Å². The Bertz CT molecular complexity index is 420. The summed E-state index contributed by atoms with van der Waals surface area (Å²) in [6.07, 6.45) is 0. The zero-order valence-corrected chi connectivity index (χ0v) is 12.1. The molecule has 3 nitrogen and oxygen atoms in total. The zero-order valence-electron chi connectivity index (χ0n) is 12.1. The second-order valence-corrected chi connectivity index (χ2v) is 5.36. The number of hydrogen-bond acceptors (Lipinski definition) is 2. The number of nitrogens with zero attached hydrogens (tertiary/aromatic N) is 1. The molecule has 0 spiro atoms. The van der Waals surface area contributed by atoms with E-state index in [1.54, 1.807) is 23.1 Å². The molecule has 106 valence electrons. The third kappa shape index (κ3) is 5.39. The summed E-state index contributed by atoms with van der Waals surface area (Å²) in [4.78, 5) is 13.6. The van der Waals surface area contributed by atoms with Gasteiger partial charge in [0.2, 0.25) is 5.91 Å². The molecule has 0 aliphatic carbocycles. The molecular weight excluding hydrogens is 243 g/mol. The number of carbonyl (C=O) groups is 1. The molecule has 0 aliphatic rings. The van der Waals surface area contributed by atoms with Crippen LogP contribution in [-0.4, -0.2) is 30.4 Å². The van der Waals surface area contributed by atoms with Crippen LogP contribution in [-0.2, 0) is 11.3 Å². The summed E-state index contributed by atoms with van der Waals surface area (Å²) in [6.45, 7) is 6.81.